The molecule has 0 bridgehead atoms. The molecule has 0 aromatic carbocycles. The maximum atomic E-state index is 11.1. The van der Waals surface area contributed by atoms with Crippen LogP contribution >= 0.6 is 0 Å². The van der Waals surface area contributed by atoms with E-state index in [1.54, 1.807) is 0 Å². The Bertz CT molecular complexity index is 191. The van der Waals surface area contributed by atoms with Gasteiger partial charge < -0.3 is 10.4 Å². The molecule has 0 saturated carbocycles. The molecule has 0 aliphatic carbocycles. The van der Waals surface area contributed by atoms with Crippen LogP contribution in [-0.4, -0.2) is 23.5 Å². The van der Waals surface area contributed by atoms with Gasteiger partial charge in [0, 0.05) is 18.9 Å². The Kier molecular flexibility index (Phi) is 3.08. The molecule has 0 radical (unpaired) electrons. The third-order valence-corrected chi connectivity index (χ3v) is 2.11. The lowest BCUT2D eigenvalue weighted by Gasteiger charge is -2.20. The van der Waals surface area contributed by atoms with Gasteiger partial charge in [-0.2, -0.15) is 0 Å². The average Bonchev–Trinajstić information content (AvgIpc) is 2.03. The molecule has 1 heterocycles. The zero-order valence-corrected chi connectivity index (χ0v) is 6.88. The summed E-state index contributed by atoms with van der Waals surface area (Å²) in [6.45, 7) is 0.738. The summed E-state index contributed by atoms with van der Waals surface area (Å²) in [6, 6.07) is 0. The Morgan fingerprint density at radius 3 is 3.00 bits per heavy atom. The fourth-order valence-electron chi connectivity index (χ4n) is 1.41. The third-order valence-electron chi connectivity index (χ3n) is 2.11. The van der Waals surface area contributed by atoms with E-state index in [1.807, 2.05) is 0 Å². The first-order chi connectivity index (χ1) is 5.70. The summed E-state index contributed by atoms with van der Waals surface area (Å²) in [6.07, 6.45) is 2.37. The van der Waals surface area contributed by atoms with Crippen molar-refractivity contribution in [2.24, 2.45) is 5.92 Å². The first-order valence-corrected chi connectivity index (χ1v) is 4.19. The molecular formula is C8H13NO3. The number of nitrogens with one attached hydrogen (secondary N) is 1. The predicted octanol–water partition coefficient (Wildman–Crippen LogP) is 0.377. The molecule has 1 rings (SSSR count). The highest BCUT2D eigenvalue weighted by Crippen LogP contribution is 2.16. The third kappa shape index (κ3) is 2.53. The molecule has 1 aliphatic rings. The minimum absolute atomic E-state index is 0.0162. The van der Waals surface area contributed by atoms with Crippen LogP contribution in [0.25, 0.3) is 0 Å². The first kappa shape index (κ1) is 9.03. The molecule has 1 amide bonds. The molecule has 0 aromatic heterocycles. The smallest absolute Gasteiger partial charge is 0.303 e. The molecule has 12 heavy (non-hydrogen) atoms. The molecular weight excluding hydrogens is 158 g/mol. The van der Waals surface area contributed by atoms with Crippen molar-refractivity contribution < 1.29 is 14.7 Å². The number of piperidine rings is 1. The van der Waals surface area contributed by atoms with E-state index in [0.717, 1.165) is 19.4 Å². The van der Waals surface area contributed by atoms with Crippen LogP contribution in [0.15, 0.2) is 0 Å². The van der Waals surface area contributed by atoms with Gasteiger partial charge in [-0.05, 0) is 19.3 Å². The summed E-state index contributed by atoms with van der Waals surface area (Å²) >= 11 is 0. The number of amides is 1. The molecule has 0 spiro atoms. The van der Waals surface area contributed by atoms with E-state index in [9.17, 15) is 9.59 Å². The molecule has 1 aliphatic heterocycles. The van der Waals surface area contributed by atoms with Crippen molar-refractivity contribution in [1.82, 2.24) is 5.32 Å². The van der Waals surface area contributed by atoms with E-state index in [2.05, 4.69) is 5.32 Å². The molecule has 1 fully saturated rings. The maximum absolute atomic E-state index is 11.1. The van der Waals surface area contributed by atoms with Crippen molar-refractivity contribution in [1.29, 1.82) is 0 Å². The van der Waals surface area contributed by atoms with Crippen LogP contribution < -0.4 is 5.32 Å². The molecule has 2 N–H and O–H groups in total. The topological polar surface area (TPSA) is 66.4 Å². The number of carbonyl (C=O) groups excluding carboxylic acids is 1. The zero-order valence-electron chi connectivity index (χ0n) is 6.88. The van der Waals surface area contributed by atoms with Crippen molar-refractivity contribution in [3.05, 3.63) is 0 Å². The summed E-state index contributed by atoms with van der Waals surface area (Å²) in [5.74, 6) is -0.884. The molecule has 1 atom stereocenters. The zero-order chi connectivity index (χ0) is 8.97. The molecule has 4 heteroatoms. The minimum atomic E-state index is -0.826. The van der Waals surface area contributed by atoms with Gasteiger partial charge in [0.15, 0.2) is 0 Å². The SMILES string of the molecule is O=C(O)CCC1CCCNC1=O. The molecule has 1 unspecified atom stereocenters. The van der Waals surface area contributed by atoms with E-state index >= 15 is 0 Å². The van der Waals surface area contributed by atoms with Gasteiger partial charge >= 0.3 is 5.97 Å². The quantitative estimate of drug-likeness (QED) is 0.645. The van der Waals surface area contributed by atoms with Crippen molar-refractivity contribution in [3.63, 3.8) is 0 Å². The number of carbonyl (C=O) groups is 2. The van der Waals surface area contributed by atoms with Crippen LogP contribution in [0.1, 0.15) is 25.7 Å². The maximum Gasteiger partial charge on any atom is 0.303 e. The van der Waals surface area contributed by atoms with Crippen LogP contribution in [0, 0.1) is 5.92 Å². The second-order valence-corrected chi connectivity index (χ2v) is 3.06. The lowest BCUT2D eigenvalue weighted by Crippen LogP contribution is -2.36. The van der Waals surface area contributed by atoms with Gasteiger partial charge in [-0.1, -0.05) is 0 Å². The van der Waals surface area contributed by atoms with E-state index in [4.69, 9.17) is 5.11 Å². The highest BCUT2D eigenvalue weighted by atomic mass is 16.4. The van der Waals surface area contributed by atoms with Crippen molar-refractivity contribution in [2.75, 3.05) is 6.54 Å². The summed E-state index contributed by atoms with van der Waals surface area (Å²) < 4.78 is 0. The number of hydrogen-bond acceptors (Lipinski definition) is 2. The Morgan fingerprint density at radius 1 is 1.67 bits per heavy atom. The average molecular weight is 171 g/mol. The van der Waals surface area contributed by atoms with Crippen LogP contribution in [0.2, 0.25) is 0 Å². The van der Waals surface area contributed by atoms with Gasteiger partial charge in [0.2, 0.25) is 5.91 Å². The Hall–Kier alpha value is -1.06. The van der Waals surface area contributed by atoms with E-state index < -0.39 is 5.97 Å². The summed E-state index contributed by atoms with van der Waals surface area (Å²) in [4.78, 5) is 21.3. The van der Waals surface area contributed by atoms with Gasteiger partial charge in [-0.15, -0.1) is 0 Å². The summed E-state index contributed by atoms with van der Waals surface area (Å²) in [7, 11) is 0. The highest BCUT2D eigenvalue weighted by molar-refractivity contribution is 5.79. The van der Waals surface area contributed by atoms with Crippen LogP contribution in [0.5, 0.6) is 0 Å². The number of carboxylic acids is 1. The fraction of sp³-hybridized carbons (Fsp3) is 0.750. The standard InChI is InChI=1S/C8H13NO3/c10-7(11)4-3-6-2-1-5-9-8(6)12/h6H,1-5H2,(H,9,12)(H,10,11). The Balaban J connectivity index is 2.29. The lowest BCUT2D eigenvalue weighted by molar-refractivity contribution is -0.137. The van der Waals surface area contributed by atoms with Gasteiger partial charge in [0.25, 0.3) is 0 Å². The summed E-state index contributed by atoms with van der Waals surface area (Å²) in [5.41, 5.74) is 0. The van der Waals surface area contributed by atoms with Gasteiger partial charge in [-0.3, -0.25) is 9.59 Å². The predicted molar refractivity (Wildman–Crippen MR) is 42.6 cm³/mol. The van der Waals surface area contributed by atoms with Crippen molar-refractivity contribution >= 4 is 11.9 Å². The Morgan fingerprint density at radius 2 is 2.42 bits per heavy atom. The Labute approximate surface area is 71.0 Å². The first-order valence-electron chi connectivity index (χ1n) is 4.19. The molecule has 68 valence electrons. The monoisotopic (exact) mass is 171 g/mol. The largest absolute Gasteiger partial charge is 0.481 e. The number of carboxylic acid groups (broad SMARTS) is 1. The van der Waals surface area contributed by atoms with Crippen LogP contribution in [0.4, 0.5) is 0 Å². The van der Waals surface area contributed by atoms with Crippen LogP contribution in [0.3, 0.4) is 0 Å². The number of rotatable bonds is 3. The van der Waals surface area contributed by atoms with E-state index in [-0.39, 0.29) is 18.2 Å². The summed E-state index contributed by atoms with van der Waals surface area (Å²) in [5, 5.41) is 11.1. The van der Waals surface area contributed by atoms with Crippen molar-refractivity contribution in [2.45, 2.75) is 25.7 Å². The van der Waals surface area contributed by atoms with Gasteiger partial charge in [0.05, 0.1) is 0 Å². The molecule has 4 nitrogen and oxygen atoms in total. The minimum Gasteiger partial charge on any atom is -0.481 e. The lowest BCUT2D eigenvalue weighted by atomic mass is 9.94. The highest BCUT2D eigenvalue weighted by Gasteiger charge is 2.21. The molecule has 0 aromatic rings. The van der Waals surface area contributed by atoms with E-state index in [0.29, 0.717) is 6.42 Å². The van der Waals surface area contributed by atoms with Gasteiger partial charge in [0.1, 0.15) is 0 Å². The number of aliphatic carboxylic acids is 1. The molecule has 1 saturated heterocycles. The van der Waals surface area contributed by atoms with Gasteiger partial charge in [-0.25, -0.2) is 0 Å². The second-order valence-electron chi connectivity index (χ2n) is 3.06. The van der Waals surface area contributed by atoms with E-state index in [1.165, 1.54) is 0 Å². The van der Waals surface area contributed by atoms with Crippen molar-refractivity contribution in [3.8, 4) is 0 Å². The fourth-order valence-corrected chi connectivity index (χ4v) is 1.41. The second kappa shape index (κ2) is 4.09. The number of hydrogen-bond donors (Lipinski definition) is 2. The van der Waals surface area contributed by atoms with Crippen LogP contribution in [-0.2, 0) is 9.59 Å². The normalized spacial score (nSPS) is 23.3.